The van der Waals surface area contributed by atoms with Gasteiger partial charge < -0.3 is 14.6 Å². The van der Waals surface area contributed by atoms with E-state index >= 15 is 0 Å². The summed E-state index contributed by atoms with van der Waals surface area (Å²) in [7, 11) is 1.59. The maximum Gasteiger partial charge on any atom is 0.305 e. The zero-order valence-electron chi connectivity index (χ0n) is 18.4. The molecule has 1 aromatic rings. The molecule has 170 valence electrons. The molecule has 0 aliphatic carbocycles. The lowest BCUT2D eigenvalue weighted by Crippen LogP contribution is -2.30. The number of ether oxygens (including phenoxy) is 2. The Kier molecular flexibility index (Phi) is 10.3. The minimum Gasteiger partial charge on any atom is -0.493 e. The standard InChI is InChI=1S/C23H31NO5S2/c1-4-5-6-7-8-9-16(2)29-18-11-10-17(14-19(18)28-3)15-20-22(27)24(23(30)31-20)13-12-21(25)26/h10-11,14-16H,4-9,12-13H2,1-3H3,(H,25,26)/b20-15+. The Hall–Kier alpha value is -2.06. The van der Waals surface area contributed by atoms with Crippen LogP contribution in [0, 0.1) is 0 Å². The Morgan fingerprint density at radius 1 is 1.26 bits per heavy atom. The number of methoxy groups -OCH3 is 1. The number of carboxylic acids is 1. The summed E-state index contributed by atoms with van der Waals surface area (Å²) in [6, 6.07) is 5.55. The van der Waals surface area contributed by atoms with Gasteiger partial charge in [-0.25, -0.2) is 0 Å². The third kappa shape index (κ3) is 7.85. The Bertz CT molecular complexity index is 824. The van der Waals surface area contributed by atoms with Crippen LogP contribution in [-0.4, -0.2) is 46.0 Å². The van der Waals surface area contributed by atoms with Crippen LogP contribution in [0.2, 0.25) is 0 Å². The molecule has 1 N–H and O–H groups in total. The highest BCUT2D eigenvalue weighted by Crippen LogP contribution is 2.35. The second-order valence-corrected chi connectivity index (χ2v) is 9.19. The van der Waals surface area contributed by atoms with Gasteiger partial charge in [0.05, 0.1) is 24.5 Å². The van der Waals surface area contributed by atoms with Crippen LogP contribution < -0.4 is 9.47 Å². The van der Waals surface area contributed by atoms with Gasteiger partial charge in [-0.2, -0.15) is 0 Å². The van der Waals surface area contributed by atoms with Crippen molar-refractivity contribution in [2.24, 2.45) is 0 Å². The molecule has 2 rings (SSSR count). The van der Waals surface area contributed by atoms with Crippen molar-refractivity contribution in [3.63, 3.8) is 0 Å². The van der Waals surface area contributed by atoms with Crippen molar-refractivity contribution < 1.29 is 24.2 Å². The molecule has 0 radical (unpaired) electrons. The Labute approximate surface area is 194 Å². The van der Waals surface area contributed by atoms with E-state index in [0.29, 0.717) is 20.7 Å². The van der Waals surface area contributed by atoms with E-state index in [2.05, 4.69) is 13.8 Å². The van der Waals surface area contributed by atoms with Crippen LogP contribution >= 0.6 is 24.0 Å². The quantitative estimate of drug-likeness (QED) is 0.234. The highest BCUT2D eigenvalue weighted by Gasteiger charge is 2.32. The molecule has 1 aliphatic heterocycles. The van der Waals surface area contributed by atoms with Gasteiger partial charge in [-0.05, 0) is 43.5 Å². The number of unbranched alkanes of at least 4 members (excludes halogenated alkanes) is 4. The number of rotatable bonds is 13. The van der Waals surface area contributed by atoms with Crippen molar-refractivity contribution in [2.45, 2.75) is 64.9 Å². The van der Waals surface area contributed by atoms with E-state index in [1.165, 1.54) is 42.3 Å². The van der Waals surface area contributed by atoms with E-state index in [9.17, 15) is 9.59 Å². The normalized spacial score (nSPS) is 16.1. The van der Waals surface area contributed by atoms with Crippen molar-refractivity contribution in [3.05, 3.63) is 28.7 Å². The summed E-state index contributed by atoms with van der Waals surface area (Å²) in [5.41, 5.74) is 0.787. The molecule has 1 fully saturated rings. The van der Waals surface area contributed by atoms with Crippen LogP contribution in [0.15, 0.2) is 23.1 Å². The lowest BCUT2D eigenvalue weighted by Gasteiger charge is -2.17. The molecule has 1 heterocycles. The summed E-state index contributed by atoms with van der Waals surface area (Å²) < 4.78 is 11.9. The van der Waals surface area contributed by atoms with Gasteiger partial charge in [-0.15, -0.1) is 0 Å². The fraction of sp³-hybridized carbons (Fsp3) is 0.522. The monoisotopic (exact) mass is 465 g/mol. The third-order valence-electron chi connectivity index (χ3n) is 4.95. The molecule has 1 atom stereocenters. The molecule has 31 heavy (non-hydrogen) atoms. The number of carbonyl (C=O) groups excluding carboxylic acids is 1. The highest BCUT2D eigenvalue weighted by atomic mass is 32.2. The van der Waals surface area contributed by atoms with E-state index < -0.39 is 5.97 Å². The van der Waals surface area contributed by atoms with Crippen LogP contribution in [0.3, 0.4) is 0 Å². The van der Waals surface area contributed by atoms with Gasteiger partial charge in [0, 0.05) is 6.54 Å². The predicted molar refractivity (Wildman–Crippen MR) is 129 cm³/mol. The summed E-state index contributed by atoms with van der Waals surface area (Å²) in [6.07, 6.45) is 8.84. The van der Waals surface area contributed by atoms with Gasteiger partial charge in [0.25, 0.3) is 5.91 Å². The molecular formula is C23H31NO5S2. The minimum absolute atomic E-state index is 0.0732. The Balaban J connectivity index is 2.01. The molecule has 1 aromatic carbocycles. The average molecular weight is 466 g/mol. The smallest absolute Gasteiger partial charge is 0.305 e. The van der Waals surface area contributed by atoms with E-state index in [0.717, 1.165) is 18.4 Å². The number of amides is 1. The topological polar surface area (TPSA) is 76.1 Å². The summed E-state index contributed by atoms with van der Waals surface area (Å²) in [5.74, 6) is 0.0448. The number of carbonyl (C=O) groups is 2. The van der Waals surface area contributed by atoms with Crippen molar-refractivity contribution in [3.8, 4) is 11.5 Å². The van der Waals surface area contributed by atoms with E-state index in [1.54, 1.807) is 13.2 Å². The molecule has 6 nitrogen and oxygen atoms in total. The maximum absolute atomic E-state index is 12.6. The van der Waals surface area contributed by atoms with Crippen LogP contribution in [0.5, 0.6) is 11.5 Å². The number of nitrogens with zero attached hydrogens (tertiary/aromatic N) is 1. The summed E-state index contributed by atoms with van der Waals surface area (Å²) in [4.78, 5) is 25.2. The lowest BCUT2D eigenvalue weighted by molar-refractivity contribution is -0.137. The number of thiocarbonyl (C=S) groups is 1. The van der Waals surface area contributed by atoms with Crippen LogP contribution in [-0.2, 0) is 9.59 Å². The lowest BCUT2D eigenvalue weighted by atomic mass is 10.1. The van der Waals surface area contributed by atoms with Gasteiger partial charge in [0.15, 0.2) is 11.5 Å². The Morgan fingerprint density at radius 3 is 2.68 bits per heavy atom. The van der Waals surface area contributed by atoms with Crippen molar-refractivity contribution >= 4 is 46.3 Å². The molecule has 1 unspecified atom stereocenters. The first-order chi connectivity index (χ1) is 14.8. The molecule has 8 heteroatoms. The molecule has 1 aliphatic rings. The molecular weight excluding hydrogens is 434 g/mol. The van der Waals surface area contributed by atoms with Crippen LogP contribution in [0.1, 0.15) is 64.4 Å². The second-order valence-electron chi connectivity index (χ2n) is 7.52. The molecule has 1 amide bonds. The molecule has 0 spiro atoms. The Morgan fingerprint density at radius 2 is 2.00 bits per heavy atom. The highest BCUT2D eigenvalue weighted by molar-refractivity contribution is 8.26. The fourth-order valence-corrected chi connectivity index (χ4v) is 4.54. The molecule has 1 saturated heterocycles. The van der Waals surface area contributed by atoms with Crippen molar-refractivity contribution in [1.29, 1.82) is 0 Å². The molecule has 0 aromatic heterocycles. The number of carboxylic acid groups (broad SMARTS) is 1. The summed E-state index contributed by atoms with van der Waals surface area (Å²) >= 11 is 6.40. The zero-order valence-corrected chi connectivity index (χ0v) is 20.0. The first-order valence-electron chi connectivity index (χ1n) is 10.7. The fourth-order valence-electron chi connectivity index (χ4n) is 3.23. The SMILES string of the molecule is CCCCCCCC(C)Oc1ccc(/C=C2/SC(=S)N(CCC(=O)O)C2=O)cc1OC. The van der Waals surface area contributed by atoms with Gasteiger partial charge in [-0.3, -0.25) is 14.5 Å². The average Bonchev–Trinajstić information content (AvgIpc) is 2.99. The first-order valence-corrected chi connectivity index (χ1v) is 11.9. The van der Waals surface area contributed by atoms with Gasteiger partial charge in [0.2, 0.25) is 0 Å². The van der Waals surface area contributed by atoms with Gasteiger partial charge in [0.1, 0.15) is 4.32 Å². The zero-order chi connectivity index (χ0) is 22.8. The number of aliphatic carboxylic acids is 1. The minimum atomic E-state index is -0.964. The summed E-state index contributed by atoms with van der Waals surface area (Å²) in [6.45, 7) is 4.35. The van der Waals surface area contributed by atoms with Gasteiger partial charge >= 0.3 is 5.97 Å². The van der Waals surface area contributed by atoms with Gasteiger partial charge in [-0.1, -0.05) is 62.7 Å². The first kappa shape index (κ1) is 25.2. The van der Waals surface area contributed by atoms with Crippen LogP contribution in [0.25, 0.3) is 6.08 Å². The molecule has 0 saturated carbocycles. The third-order valence-corrected chi connectivity index (χ3v) is 6.33. The van der Waals surface area contributed by atoms with Crippen molar-refractivity contribution in [1.82, 2.24) is 4.90 Å². The number of benzene rings is 1. The predicted octanol–water partition coefficient (Wildman–Crippen LogP) is 5.50. The van der Waals surface area contributed by atoms with Crippen molar-refractivity contribution in [2.75, 3.05) is 13.7 Å². The molecule has 0 bridgehead atoms. The van der Waals surface area contributed by atoms with E-state index in [-0.39, 0.29) is 25.0 Å². The number of thioether (sulfide) groups is 1. The van der Waals surface area contributed by atoms with Crippen LogP contribution in [0.4, 0.5) is 0 Å². The summed E-state index contributed by atoms with van der Waals surface area (Å²) in [5, 5.41) is 8.85. The maximum atomic E-state index is 12.6. The largest absolute Gasteiger partial charge is 0.493 e. The number of hydrogen-bond acceptors (Lipinski definition) is 6. The van der Waals surface area contributed by atoms with E-state index in [4.69, 9.17) is 26.8 Å². The number of hydrogen-bond donors (Lipinski definition) is 1. The van der Waals surface area contributed by atoms with E-state index in [1.807, 2.05) is 18.2 Å². The second kappa shape index (κ2) is 12.7.